The molecule has 0 radical (unpaired) electrons. The number of pyridine rings is 1. The lowest BCUT2D eigenvalue weighted by molar-refractivity contribution is -0.138. The minimum atomic E-state index is -0.0667. The second kappa shape index (κ2) is 9.06. The van der Waals surface area contributed by atoms with Crippen molar-refractivity contribution in [3.63, 3.8) is 0 Å². The van der Waals surface area contributed by atoms with E-state index in [0.717, 1.165) is 24.2 Å². The predicted molar refractivity (Wildman–Crippen MR) is 106 cm³/mol. The van der Waals surface area contributed by atoms with Crippen molar-refractivity contribution in [3.05, 3.63) is 23.9 Å². The molecule has 1 aromatic heterocycles. The van der Waals surface area contributed by atoms with E-state index in [2.05, 4.69) is 10.3 Å². The molecule has 7 heteroatoms. The Hall–Kier alpha value is -2.31. The van der Waals surface area contributed by atoms with E-state index in [-0.39, 0.29) is 11.9 Å². The second-order valence-electron chi connectivity index (χ2n) is 7.72. The number of urea groups is 1. The summed E-state index contributed by atoms with van der Waals surface area (Å²) < 4.78 is 0. The van der Waals surface area contributed by atoms with Gasteiger partial charge in [0.2, 0.25) is 5.91 Å². The number of nitrogens with one attached hydrogen (secondary N) is 1. The Balaban J connectivity index is 1.44. The lowest BCUT2D eigenvalue weighted by atomic mass is 9.88. The third-order valence-corrected chi connectivity index (χ3v) is 5.54. The SMILES string of the molecule is CN(C)c1cc(CNC(=O)N2CCN(C(=O)C3CCCCC3)CC2)ccn1. The fourth-order valence-electron chi connectivity index (χ4n) is 3.84. The maximum Gasteiger partial charge on any atom is 0.317 e. The Bertz CT molecular complexity index is 650. The Morgan fingerprint density at radius 1 is 1.11 bits per heavy atom. The number of anilines is 1. The van der Waals surface area contributed by atoms with Crippen LogP contribution in [0.2, 0.25) is 0 Å². The highest BCUT2D eigenvalue weighted by molar-refractivity contribution is 5.79. The van der Waals surface area contributed by atoms with E-state index in [0.29, 0.717) is 38.6 Å². The molecular weight excluding hydrogens is 342 g/mol. The van der Waals surface area contributed by atoms with Gasteiger partial charge in [0.05, 0.1) is 0 Å². The van der Waals surface area contributed by atoms with Crippen LogP contribution in [0.3, 0.4) is 0 Å². The van der Waals surface area contributed by atoms with E-state index in [1.807, 2.05) is 36.0 Å². The first-order valence-electron chi connectivity index (χ1n) is 9.98. The first-order chi connectivity index (χ1) is 13.0. The molecule has 1 aliphatic heterocycles. The number of hydrogen-bond donors (Lipinski definition) is 1. The largest absolute Gasteiger partial charge is 0.363 e. The molecule has 1 saturated carbocycles. The molecular formula is C20H31N5O2. The molecule has 0 bridgehead atoms. The van der Waals surface area contributed by atoms with Crippen molar-refractivity contribution in [2.24, 2.45) is 5.92 Å². The third-order valence-electron chi connectivity index (χ3n) is 5.54. The van der Waals surface area contributed by atoms with Gasteiger partial charge in [0.15, 0.2) is 0 Å². The van der Waals surface area contributed by atoms with E-state index in [4.69, 9.17) is 0 Å². The molecule has 7 nitrogen and oxygen atoms in total. The summed E-state index contributed by atoms with van der Waals surface area (Å²) in [5.41, 5.74) is 1.02. The summed E-state index contributed by atoms with van der Waals surface area (Å²) in [6.45, 7) is 2.96. The zero-order chi connectivity index (χ0) is 19.2. The number of aromatic nitrogens is 1. The number of rotatable bonds is 4. The van der Waals surface area contributed by atoms with Crippen LogP contribution in [0.15, 0.2) is 18.3 Å². The zero-order valence-corrected chi connectivity index (χ0v) is 16.5. The lowest BCUT2D eigenvalue weighted by Crippen LogP contribution is -2.54. The molecule has 148 valence electrons. The quantitative estimate of drug-likeness (QED) is 0.877. The van der Waals surface area contributed by atoms with Gasteiger partial charge >= 0.3 is 6.03 Å². The Morgan fingerprint density at radius 2 is 1.78 bits per heavy atom. The molecule has 2 heterocycles. The average molecular weight is 374 g/mol. The van der Waals surface area contributed by atoms with Crippen LogP contribution < -0.4 is 10.2 Å². The number of carbonyl (C=O) groups is 2. The van der Waals surface area contributed by atoms with Crippen molar-refractivity contribution in [1.82, 2.24) is 20.1 Å². The van der Waals surface area contributed by atoms with Crippen LogP contribution in [0.1, 0.15) is 37.7 Å². The number of carbonyl (C=O) groups excluding carboxylic acids is 2. The standard InChI is InChI=1S/C20H31N5O2/c1-23(2)18-14-16(8-9-21-18)15-22-20(27)25-12-10-24(11-13-25)19(26)17-6-4-3-5-7-17/h8-9,14,17H,3-7,10-13,15H2,1-2H3,(H,22,27). The van der Waals surface area contributed by atoms with Crippen LogP contribution in [0.25, 0.3) is 0 Å². The van der Waals surface area contributed by atoms with Gasteiger partial charge in [-0.2, -0.15) is 0 Å². The molecule has 0 atom stereocenters. The molecule has 0 unspecified atom stereocenters. The van der Waals surface area contributed by atoms with Crippen molar-refractivity contribution in [3.8, 4) is 0 Å². The predicted octanol–water partition coefficient (Wildman–Crippen LogP) is 2.08. The second-order valence-corrected chi connectivity index (χ2v) is 7.72. The van der Waals surface area contributed by atoms with Crippen molar-refractivity contribution in [2.75, 3.05) is 45.2 Å². The Morgan fingerprint density at radius 3 is 2.44 bits per heavy atom. The molecule has 3 amide bonds. The molecule has 0 aromatic carbocycles. The van der Waals surface area contributed by atoms with Crippen LogP contribution in [0.5, 0.6) is 0 Å². The van der Waals surface area contributed by atoms with Crippen molar-refractivity contribution in [1.29, 1.82) is 0 Å². The molecule has 0 spiro atoms. The van der Waals surface area contributed by atoms with Gasteiger partial charge in [-0.3, -0.25) is 4.79 Å². The first-order valence-corrected chi connectivity index (χ1v) is 9.98. The molecule has 3 rings (SSSR count). The van der Waals surface area contributed by atoms with Gasteiger partial charge in [-0.05, 0) is 30.5 Å². The maximum absolute atomic E-state index is 12.6. The van der Waals surface area contributed by atoms with Gasteiger partial charge in [-0.15, -0.1) is 0 Å². The first kappa shape index (κ1) is 19.5. The summed E-state index contributed by atoms with van der Waals surface area (Å²) in [5.74, 6) is 1.37. The zero-order valence-electron chi connectivity index (χ0n) is 16.5. The topological polar surface area (TPSA) is 68.8 Å². The van der Waals surface area contributed by atoms with Crippen LogP contribution >= 0.6 is 0 Å². The van der Waals surface area contributed by atoms with Crippen LogP contribution in [0.4, 0.5) is 10.6 Å². The van der Waals surface area contributed by atoms with Gasteiger partial charge in [0.1, 0.15) is 5.82 Å². The van der Waals surface area contributed by atoms with E-state index in [1.54, 1.807) is 11.1 Å². The summed E-state index contributed by atoms with van der Waals surface area (Å²) in [7, 11) is 3.89. The monoisotopic (exact) mass is 373 g/mol. The third kappa shape index (κ3) is 5.11. The normalized spacial score (nSPS) is 18.3. The van der Waals surface area contributed by atoms with Gasteiger partial charge in [0, 0.05) is 58.9 Å². The van der Waals surface area contributed by atoms with E-state index >= 15 is 0 Å². The highest BCUT2D eigenvalue weighted by atomic mass is 16.2. The molecule has 2 aliphatic rings. The highest BCUT2D eigenvalue weighted by Gasteiger charge is 2.29. The number of hydrogen-bond acceptors (Lipinski definition) is 4. The summed E-state index contributed by atoms with van der Waals surface area (Å²) in [6.07, 6.45) is 7.41. The number of nitrogens with zero attached hydrogens (tertiary/aromatic N) is 4. The van der Waals surface area contributed by atoms with Gasteiger partial charge in [-0.25, -0.2) is 9.78 Å². The van der Waals surface area contributed by atoms with Crippen LogP contribution in [-0.2, 0) is 11.3 Å². The van der Waals surface area contributed by atoms with Crippen molar-refractivity contribution >= 4 is 17.8 Å². The summed E-state index contributed by atoms with van der Waals surface area (Å²) in [4.78, 5) is 35.1. The smallest absolute Gasteiger partial charge is 0.317 e. The fourth-order valence-corrected chi connectivity index (χ4v) is 3.84. The van der Waals surface area contributed by atoms with Crippen molar-refractivity contribution < 1.29 is 9.59 Å². The minimum absolute atomic E-state index is 0.0667. The van der Waals surface area contributed by atoms with Crippen molar-refractivity contribution in [2.45, 2.75) is 38.6 Å². The molecule has 1 aliphatic carbocycles. The minimum Gasteiger partial charge on any atom is -0.363 e. The Labute approximate surface area is 161 Å². The average Bonchev–Trinajstić information content (AvgIpc) is 2.72. The van der Waals surface area contributed by atoms with Gasteiger partial charge in [-0.1, -0.05) is 19.3 Å². The fraction of sp³-hybridized carbons (Fsp3) is 0.650. The number of piperazine rings is 1. The molecule has 27 heavy (non-hydrogen) atoms. The molecule has 2 fully saturated rings. The summed E-state index contributed by atoms with van der Waals surface area (Å²) in [5, 5.41) is 2.98. The van der Waals surface area contributed by atoms with Crippen LogP contribution in [-0.4, -0.2) is 67.0 Å². The van der Waals surface area contributed by atoms with Gasteiger partial charge < -0.3 is 20.0 Å². The maximum atomic E-state index is 12.6. The lowest BCUT2D eigenvalue weighted by Gasteiger charge is -2.37. The van der Waals surface area contributed by atoms with E-state index in [9.17, 15) is 9.59 Å². The van der Waals surface area contributed by atoms with E-state index in [1.165, 1.54) is 19.3 Å². The molecule has 1 saturated heterocycles. The number of amides is 3. The van der Waals surface area contributed by atoms with Crippen LogP contribution in [0, 0.1) is 5.92 Å². The molecule has 1 N–H and O–H groups in total. The van der Waals surface area contributed by atoms with Gasteiger partial charge in [0.25, 0.3) is 0 Å². The summed E-state index contributed by atoms with van der Waals surface area (Å²) >= 11 is 0. The van der Waals surface area contributed by atoms with E-state index < -0.39 is 0 Å². The molecule has 1 aromatic rings. The Kier molecular flexibility index (Phi) is 6.53. The highest BCUT2D eigenvalue weighted by Crippen LogP contribution is 2.25. The summed E-state index contributed by atoms with van der Waals surface area (Å²) in [6, 6.07) is 3.82.